The molecule has 1 aromatic rings. The lowest BCUT2D eigenvalue weighted by atomic mass is 9.72. The number of rotatable bonds is 4. The fourth-order valence-corrected chi connectivity index (χ4v) is 3.08. The summed E-state index contributed by atoms with van der Waals surface area (Å²) in [7, 11) is 0. The van der Waals surface area contributed by atoms with Crippen molar-refractivity contribution >= 4 is 34.6 Å². The van der Waals surface area contributed by atoms with E-state index in [0.717, 1.165) is 6.07 Å². The quantitative estimate of drug-likeness (QED) is 0.364. The maximum Gasteiger partial charge on any atom is 0.281 e. The zero-order valence-electron chi connectivity index (χ0n) is 12.7. The smallest absolute Gasteiger partial charge is 0.281 e. The summed E-state index contributed by atoms with van der Waals surface area (Å²) in [5.41, 5.74) is -0.745. The molecule has 0 heterocycles. The highest BCUT2D eigenvalue weighted by molar-refractivity contribution is 6.31. The number of carbonyl (C=O) groups excluding carboxylic acids is 3. The van der Waals surface area contributed by atoms with Gasteiger partial charge in [0.15, 0.2) is 17.3 Å². The van der Waals surface area contributed by atoms with Crippen molar-refractivity contribution in [3.05, 3.63) is 38.9 Å². The molecule has 1 aromatic carbocycles. The van der Waals surface area contributed by atoms with E-state index in [4.69, 9.17) is 11.6 Å². The predicted octanol–water partition coefficient (Wildman–Crippen LogP) is 3.25. The molecule has 1 saturated carbocycles. The van der Waals surface area contributed by atoms with E-state index in [9.17, 15) is 24.5 Å². The van der Waals surface area contributed by atoms with Crippen molar-refractivity contribution in [3.8, 4) is 0 Å². The third-order valence-corrected chi connectivity index (χ3v) is 4.40. The van der Waals surface area contributed by atoms with Gasteiger partial charge in [-0.2, -0.15) is 0 Å². The average Bonchev–Trinajstić information content (AvgIpc) is 2.46. The van der Waals surface area contributed by atoms with Crippen molar-refractivity contribution in [1.29, 1.82) is 0 Å². The zero-order chi connectivity index (χ0) is 17.3. The van der Waals surface area contributed by atoms with Crippen LogP contribution in [0.1, 0.15) is 37.0 Å². The number of nitro groups is 1. The third-order valence-electron chi connectivity index (χ3n) is 4.16. The first kappa shape index (κ1) is 17.3. The summed E-state index contributed by atoms with van der Waals surface area (Å²) in [5, 5.41) is 11.2. The molecule has 1 aliphatic rings. The van der Waals surface area contributed by atoms with Gasteiger partial charge in [0, 0.05) is 23.4 Å². The van der Waals surface area contributed by atoms with Crippen molar-refractivity contribution in [1.82, 2.24) is 0 Å². The lowest BCUT2D eigenvalue weighted by Crippen LogP contribution is -2.42. The van der Waals surface area contributed by atoms with Crippen LogP contribution in [0.2, 0.25) is 5.02 Å². The van der Waals surface area contributed by atoms with Crippen LogP contribution in [0.5, 0.6) is 0 Å². The van der Waals surface area contributed by atoms with Gasteiger partial charge in [-0.15, -0.1) is 0 Å². The molecule has 2 unspecified atom stereocenters. The van der Waals surface area contributed by atoms with Gasteiger partial charge >= 0.3 is 0 Å². The highest BCUT2D eigenvalue weighted by atomic mass is 35.5. The van der Waals surface area contributed by atoms with E-state index >= 15 is 0 Å². The number of halogens is 1. The van der Waals surface area contributed by atoms with Gasteiger partial charge in [0.2, 0.25) is 0 Å². The van der Waals surface area contributed by atoms with Gasteiger partial charge in [-0.3, -0.25) is 24.5 Å². The summed E-state index contributed by atoms with van der Waals surface area (Å²) in [4.78, 5) is 47.6. The van der Waals surface area contributed by atoms with Gasteiger partial charge in [-0.25, -0.2) is 0 Å². The number of hydrogen-bond donors (Lipinski definition) is 0. The molecule has 23 heavy (non-hydrogen) atoms. The first-order valence-corrected chi connectivity index (χ1v) is 7.66. The van der Waals surface area contributed by atoms with Crippen molar-refractivity contribution < 1.29 is 19.3 Å². The minimum absolute atomic E-state index is 0.00565. The molecule has 0 spiro atoms. The second kappa shape index (κ2) is 6.58. The van der Waals surface area contributed by atoms with Crippen molar-refractivity contribution in [3.63, 3.8) is 0 Å². The molecule has 122 valence electrons. The number of nitrogens with zero attached hydrogens (tertiary/aromatic N) is 1. The van der Waals surface area contributed by atoms with E-state index in [1.165, 1.54) is 12.1 Å². The Morgan fingerprint density at radius 2 is 2.00 bits per heavy atom. The Bertz CT molecular complexity index is 698. The van der Waals surface area contributed by atoms with Gasteiger partial charge < -0.3 is 0 Å². The number of Topliss-reactive ketones (excluding diaryl/α,β-unsaturated/α-hetero) is 3. The van der Waals surface area contributed by atoms with E-state index in [1.54, 1.807) is 0 Å². The number of nitro benzene ring substituents is 1. The molecule has 0 saturated heterocycles. The molecule has 0 aliphatic heterocycles. The summed E-state index contributed by atoms with van der Waals surface area (Å²) in [6.07, 6.45) is 0.550. The standard InChI is InChI=1S/C16H16ClNO5/c1-8(2)10-5-6-13(19)14(15(10)20)16(21)11-4-3-9(17)7-12(11)18(22)23/h3-4,7-8,10,14H,5-6H2,1-2H3. The van der Waals surface area contributed by atoms with E-state index in [0.29, 0.717) is 6.42 Å². The molecule has 1 aliphatic carbocycles. The molecule has 0 amide bonds. The van der Waals surface area contributed by atoms with E-state index in [1.807, 2.05) is 13.8 Å². The highest BCUT2D eigenvalue weighted by Crippen LogP contribution is 2.33. The molecule has 7 heteroatoms. The molecule has 1 fully saturated rings. The molecule has 0 aromatic heterocycles. The Hall–Kier alpha value is -2.08. The Morgan fingerprint density at radius 1 is 1.35 bits per heavy atom. The summed E-state index contributed by atoms with van der Waals surface area (Å²) in [5.74, 6) is -3.55. The normalized spacial score (nSPS) is 21.6. The van der Waals surface area contributed by atoms with Crippen molar-refractivity contribution in [2.24, 2.45) is 17.8 Å². The highest BCUT2D eigenvalue weighted by Gasteiger charge is 2.44. The predicted molar refractivity (Wildman–Crippen MR) is 83.5 cm³/mol. The zero-order valence-corrected chi connectivity index (χ0v) is 13.5. The van der Waals surface area contributed by atoms with Gasteiger partial charge in [0.05, 0.1) is 10.5 Å². The van der Waals surface area contributed by atoms with Crippen LogP contribution in [-0.2, 0) is 9.59 Å². The second-order valence-electron chi connectivity index (χ2n) is 5.97. The maximum absolute atomic E-state index is 12.6. The van der Waals surface area contributed by atoms with Crippen LogP contribution in [0.3, 0.4) is 0 Å². The van der Waals surface area contributed by atoms with Gasteiger partial charge in [-0.05, 0) is 24.5 Å². The van der Waals surface area contributed by atoms with E-state index in [-0.39, 0.29) is 28.8 Å². The van der Waals surface area contributed by atoms with Crippen LogP contribution in [-0.4, -0.2) is 22.3 Å². The average molecular weight is 338 g/mol. The van der Waals surface area contributed by atoms with Crippen LogP contribution in [0, 0.1) is 27.9 Å². The molecule has 0 N–H and O–H groups in total. The van der Waals surface area contributed by atoms with Gasteiger partial charge in [0.1, 0.15) is 5.92 Å². The van der Waals surface area contributed by atoms with Crippen LogP contribution in [0.15, 0.2) is 18.2 Å². The fourth-order valence-electron chi connectivity index (χ4n) is 2.91. The van der Waals surface area contributed by atoms with Gasteiger partial charge in [0.25, 0.3) is 5.69 Å². The summed E-state index contributed by atoms with van der Waals surface area (Å²) < 4.78 is 0. The fraction of sp³-hybridized carbons (Fsp3) is 0.438. The van der Waals surface area contributed by atoms with E-state index < -0.39 is 33.9 Å². The van der Waals surface area contributed by atoms with Crippen LogP contribution in [0.25, 0.3) is 0 Å². The van der Waals surface area contributed by atoms with Crippen molar-refractivity contribution in [2.45, 2.75) is 26.7 Å². The Labute approximate surface area is 138 Å². The molecule has 0 bridgehead atoms. The number of hydrogen-bond acceptors (Lipinski definition) is 5. The van der Waals surface area contributed by atoms with Gasteiger partial charge in [-0.1, -0.05) is 25.4 Å². The first-order valence-electron chi connectivity index (χ1n) is 7.28. The lowest BCUT2D eigenvalue weighted by molar-refractivity contribution is -0.385. The van der Waals surface area contributed by atoms with Crippen LogP contribution in [0.4, 0.5) is 5.69 Å². The van der Waals surface area contributed by atoms with Crippen LogP contribution < -0.4 is 0 Å². The summed E-state index contributed by atoms with van der Waals surface area (Å²) in [6.45, 7) is 3.70. The monoisotopic (exact) mass is 337 g/mol. The molecular formula is C16H16ClNO5. The minimum atomic E-state index is -1.45. The summed E-state index contributed by atoms with van der Waals surface area (Å²) >= 11 is 5.72. The number of ketones is 3. The second-order valence-corrected chi connectivity index (χ2v) is 6.41. The third kappa shape index (κ3) is 3.32. The van der Waals surface area contributed by atoms with Crippen LogP contribution >= 0.6 is 11.6 Å². The Kier molecular flexibility index (Phi) is 4.94. The first-order chi connectivity index (χ1) is 10.7. The maximum atomic E-state index is 12.6. The Morgan fingerprint density at radius 3 is 2.57 bits per heavy atom. The SMILES string of the molecule is CC(C)C1CCC(=O)C(C(=O)c2ccc(Cl)cc2[N+](=O)[O-])C1=O. The molecule has 0 radical (unpaired) electrons. The number of carbonyl (C=O) groups is 3. The molecular weight excluding hydrogens is 322 g/mol. The molecule has 6 nitrogen and oxygen atoms in total. The molecule has 2 rings (SSSR count). The largest absolute Gasteiger partial charge is 0.298 e. The van der Waals surface area contributed by atoms with E-state index in [2.05, 4.69) is 0 Å². The summed E-state index contributed by atoms with van der Waals surface area (Å²) in [6, 6.07) is 3.58. The number of benzene rings is 1. The molecule has 2 atom stereocenters. The topological polar surface area (TPSA) is 94.3 Å². The van der Waals surface area contributed by atoms with Crippen molar-refractivity contribution in [2.75, 3.05) is 0 Å². The Balaban J connectivity index is 2.45. The lowest BCUT2D eigenvalue weighted by Gasteiger charge is -2.28. The minimum Gasteiger partial charge on any atom is -0.298 e.